The van der Waals surface area contributed by atoms with Gasteiger partial charge in [0, 0.05) is 48.6 Å². The number of H-pyrrole nitrogens is 2. The summed E-state index contributed by atoms with van der Waals surface area (Å²) < 4.78 is 0.830. The molecule has 0 bridgehead atoms. The number of carbonyl (C=O) groups excluding carboxylic acids is 2. The summed E-state index contributed by atoms with van der Waals surface area (Å²) in [5.41, 5.74) is 5.53. The van der Waals surface area contributed by atoms with Crippen LogP contribution in [0.15, 0.2) is 77.5 Å². The van der Waals surface area contributed by atoms with Gasteiger partial charge in [0.1, 0.15) is 5.69 Å². The molecule has 3 heterocycles. The fourth-order valence-electron chi connectivity index (χ4n) is 4.98. The molecule has 1 fully saturated rings. The molecule has 1 aliphatic heterocycles. The van der Waals surface area contributed by atoms with Gasteiger partial charge in [0.05, 0.1) is 17.4 Å². The molecule has 2 amide bonds. The molecule has 1 saturated heterocycles. The van der Waals surface area contributed by atoms with Crippen molar-refractivity contribution in [1.29, 1.82) is 0 Å². The largest absolute Gasteiger partial charge is 0.369 e. The van der Waals surface area contributed by atoms with E-state index >= 15 is 0 Å². The van der Waals surface area contributed by atoms with Gasteiger partial charge < -0.3 is 20.2 Å². The molecule has 1 aliphatic rings. The number of aromatic amines is 2. The van der Waals surface area contributed by atoms with Gasteiger partial charge in [-0.15, -0.1) is 0 Å². The van der Waals surface area contributed by atoms with Crippen LogP contribution in [0.2, 0.25) is 0 Å². The SMILES string of the molecule is Cc1ccc(Br)cc1NC(=O)c1nc[nH]c1C(=O)Nc1nc2cc(N3CCN(Cc4ccccc4)CC3)ccc2[nH]1. The van der Waals surface area contributed by atoms with Crippen LogP contribution >= 0.6 is 15.9 Å². The normalized spacial score (nSPS) is 13.9. The molecular weight excluding hydrogens is 584 g/mol. The second kappa shape index (κ2) is 11.6. The van der Waals surface area contributed by atoms with E-state index in [9.17, 15) is 9.59 Å². The summed E-state index contributed by atoms with van der Waals surface area (Å²) in [6.45, 7) is 6.66. The molecule has 0 aliphatic carbocycles. The third-order valence-electron chi connectivity index (χ3n) is 7.21. The number of halogens is 1. The van der Waals surface area contributed by atoms with E-state index in [0.29, 0.717) is 11.6 Å². The third kappa shape index (κ3) is 6.01. The van der Waals surface area contributed by atoms with Gasteiger partial charge in [0.25, 0.3) is 11.8 Å². The minimum absolute atomic E-state index is 0.00770. The van der Waals surface area contributed by atoms with Crippen molar-refractivity contribution in [1.82, 2.24) is 24.8 Å². The average molecular weight is 614 g/mol. The zero-order chi connectivity index (χ0) is 28.3. The Morgan fingerprint density at radius 2 is 1.76 bits per heavy atom. The van der Waals surface area contributed by atoms with Crippen molar-refractivity contribution < 1.29 is 9.59 Å². The number of imidazole rings is 2. The summed E-state index contributed by atoms with van der Waals surface area (Å²) in [6, 6.07) is 22.2. The number of carbonyl (C=O) groups is 2. The Kier molecular flexibility index (Phi) is 7.53. The molecule has 10 nitrogen and oxygen atoms in total. The van der Waals surface area contributed by atoms with Gasteiger partial charge in [-0.05, 0) is 48.4 Å². The molecule has 0 saturated carbocycles. The van der Waals surface area contributed by atoms with Gasteiger partial charge >= 0.3 is 0 Å². The van der Waals surface area contributed by atoms with E-state index in [4.69, 9.17) is 0 Å². The number of nitrogens with zero attached hydrogens (tertiary/aromatic N) is 4. The Hall–Kier alpha value is -4.48. The first kappa shape index (κ1) is 26.7. The Morgan fingerprint density at radius 3 is 2.56 bits per heavy atom. The highest BCUT2D eigenvalue weighted by atomic mass is 79.9. The number of benzene rings is 3. The van der Waals surface area contributed by atoms with Crippen molar-refractivity contribution in [3.63, 3.8) is 0 Å². The lowest BCUT2D eigenvalue weighted by atomic mass is 10.2. The number of anilines is 3. The molecule has 41 heavy (non-hydrogen) atoms. The minimum Gasteiger partial charge on any atom is -0.369 e. The van der Waals surface area contributed by atoms with E-state index < -0.39 is 11.8 Å². The Labute approximate surface area is 245 Å². The molecule has 208 valence electrons. The average Bonchev–Trinajstić information content (AvgIpc) is 3.63. The summed E-state index contributed by atoms with van der Waals surface area (Å²) in [5.74, 6) is -0.721. The molecule has 11 heteroatoms. The number of amides is 2. The highest BCUT2D eigenvalue weighted by Crippen LogP contribution is 2.25. The summed E-state index contributed by atoms with van der Waals surface area (Å²) in [5, 5.41) is 5.58. The Morgan fingerprint density at radius 1 is 0.951 bits per heavy atom. The van der Waals surface area contributed by atoms with Crippen LogP contribution in [-0.4, -0.2) is 62.8 Å². The van der Waals surface area contributed by atoms with Crippen LogP contribution < -0.4 is 15.5 Å². The number of piperazine rings is 1. The van der Waals surface area contributed by atoms with Crippen molar-refractivity contribution >= 4 is 56.1 Å². The predicted octanol–water partition coefficient (Wildman–Crippen LogP) is 5.18. The molecule has 0 atom stereocenters. The predicted molar refractivity (Wildman–Crippen MR) is 163 cm³/mol. The molecule has 0 unspecified atom stereocenters. The van der Waals surface area contributed by atoms with Crippen LogP contribution in [0, 0.1) is 6.92 Å². The van der Waals surface area contributed by atoms with Gasteiger partial charge in [-0.3, -0.25) is 19.8 Å². The van der Waals surface area contributed by atoms with Gasteiger partial charge in [0.2, 0.25) is 5.95 Å². The standard InChI is InChI=1S/C30H29BrN8O2/c1-19-7-8-21(31)15-24(19)34-28(40)26-27(33-18-32-26)29(41)37-30-35-23-10-9-22(16-25(23)36-30)39-13-11-38(12-14-39)17-20-5-3-2-4-6-20/h2-10,15-16,18H,11-14,17H2,1H3,(H,32,33)(H,34,40)(H2,35,36,37,41). The molecule has 6 rings (SSSR count). The number of hydrogen-bond acceptors (Lipinski definition) is 6. The molecule has 2 aromatic heterocycles. The maximum Gasteiger partial charge on any atom is 0.276 e. The van der Waals surface area contributed by atoms with Crippen molar-refractivity contribution in [2.24, 2.45) is 0 Å². The number of fused-ring (bicyclic) bond motifs is 1. The fourth-order valence-corrected chi connectivity index (χ4v) is 5.34. The van der Waals surface area contributed by atoms with Crippen LogP contribution in [0.4, 0.5) is 17.3 Å². The monoisotopic (exact) mass is 612 g/mol. The zero-order valence-corrected chi connectivity index (χ0v) is 24.0. The Bertz CT molecular complexity index is 1710. The highest BCUT2D eigenvalue weighted by molar-refractivity contribution is 9.10. The van der Waals surface area contributed by atoms with E-state index in [0.717, 1.165) is 59.5 Å². The number of aryl methyl sites for hydroxylation is 1. The van der Waals surface area contributed by atoms with Crippen molar-refractivity contribution in [2.75, 3.05) is 41.7 Å². The topological polar surface area (TPSA) is 122 Å². The molecule has 4 N–H and O–H groups in total. The fraction of sp³-hybridized carbons (Fsp3) is 0.200. The first-order valence-electron chi connectivity index (χ1n) is 13.4. The number of hydrogen-bond donors (Lipinski definition) is 4. The van der Waals surface area contributed by atoms with Gasteiger partial charge in [-0.1, -0.05) is 52.3 Å². The smallest absolute Gasteiger partial charge is 0.276 e. The van der Waals surface area contributed by atoms with Crippen LogP contribution in [-0.2, 0) is 6.54 Å². The van der Waals surface area contributed by atoms with Gasteiger partial charge in [-0.2, -0.15) is 0 Å². The molecular formula is C30H29BrN8O2. The molecule has 3 aromatic carbocycles. The van der Waals surface area contributed by atoms with E-state index in [1.807, 2.05) is 37.3 Å². The third-order valence-corrected chi connectivity index (χ3v) is 7.71. The van der Waals surface area contributed by atoms with Crippen molar-refractivity contribution in [3.8, 4) is 0 Å². The van der Waals surface area contributed by atoms with Gasteiger partial charge in [0.15, 0.2) is 5.69 Å². The van der Waals surface area contributed by atoms with Gasteiger partial charge in [-0.25, -0.2) is 9.97 Å². The first-order chi connectivity index (χ1) is 19.9. The quantitative estimate of drug-likeness (QED) is 0.201. The number of nitrogens with one attached hydrogen (secondary N) is 4. The number of rotatable bonds is 7. The summed E-state index contributed by atoms with van der Waals surface area (Å²) in [6.07, 6.45) is 1.32. The summed E-state index contributed by atoms with van der Waals surface area (Å²) >= 11 is 3.41. The minimum atomic E-state index is -0.521. The lowest BCUT2D eigenvalue weighted by molar-refractivity contribution is 0.0985. The summed E-state index contributed by atoms with van der Waals surface area (Å²) in [7, 11) is 0. The number of aromatic nitrogens is 4. The molecule has 5 aromatic rings. The summed E-state index contributed by atoms with van der Waals surface area (Å²) in [4.78, 5) is 45.4. The lowest BCUT2D eigenvalue weighted by Gasteiger charge is -2.36. The van der Waals surface area contributed by atoms with E-state index in [-0.39, 0.29) is 11.4 Å². The maximum absolute atomic E-state index is 13.1. The highest BCUT2D eigenvalue weighted by Gasteiger charge is 2.23. The van der Waals surface area contributed by atoms with E-state index in [2.05, 4.69) is 86.6 Å². The van der Waals surface area contributed by atoms with Crippen LogP contribution in [0.5, 0.6) is 0 Å². The van der Waals surface area contributed by atoms with E-state index in [1.54, 1.807) is 6.07 Å². The van der Waals surface area contributed by atoms with Crippen LogP contribution in [0.1, 0.15) is 32.1 Å². The van der Waals surface area contributed by atoms with Crippen LogP contribution in [0.25, 0.3) is 11.0 Å². The zero-order valence-electron chi connectivity index (χ0n) is 22.4. The van der Waals surface area contributed by atoms with Crippen molar-refractivity contribution in [3.05, 3.63) is 100 Å². The molecule has 0 spiro atoms. The lowest BCUT2D eigenvalue weighted by Crippen LogP contribution is -2.45. The second-order valence-corrected chi connectivity index (χ2v) is 10.9. The molecule has 0 radical (unpaired) electrons. The van der Waals surface area contributed by atoms with E-state index in [1.165, 1.54) is 11.9 Å². The maximum atomic E-state index is 13.1. The Balaban J connectivity index is 1.10. The first-order valence-corrected chi connectivity index (χ1v) is 14.2. The second-order valence-electron chi connectivity index (χ2n) is 10.0. The van der Waals surface area contributed by atoms with Crippen LogP contribution in [0.3, 0.4) is 0 Å². The van der Waals surface area contributed by atoms with Crippen molar-refractivity contribution in [2.45, 2.75) is 13.5 Å².